The predicted octanol–water partition coefficient (Wildman–Crippen LogP) is 14.6. The third-order valence-corrected chi connectivity index (χ3v) is 14.5. The number of aromatic nitrogens is 1. The van der Waals surface area contributed by atoms with Crippen molar-refractivity contribution in [1.82, 2.24) is 4.57 Å². The summed E-state index contributed by atoms with van der Waals surface area (Å²) in [6, 6.07) is 84.8. The van der Waals surface area contributed by atoms with Crippen LogP contribution in [0.3, 0.4) is 0 Å². The van der Waals surface area contributed by atoms with Gasteiger partial charge in [-0.3, -0.25) is 0 Å². The van der Waals surface area contributed by atoms with E-state index in [1.807, 2.05) is 0 Å². The van der Waals surface area contributed by atoms with Crippen LogP contribution in [0.1, 0.15) is 44.5 Å². The van der Waals surface area contributed by atoms with E-state index in [2.05, 4.69) is 229 Å². The molecule has 0 aliphatic heterocycles. The van der Waals surface area contributed by atoms with Crippen molar-refractivity contribution in [1.29, 1.82) is 0 Å². The summed E-state index contributed by atoms with van der Waals surface area (Å²) >= 11 is 0. The fourth-order valence-corrected chi connectivity index (χ4v) is 12.3. The highest BCUT2D eigenvalue weighted by Gasteiger charge is 2.59. The summed E-state index contributed by atoms with van der Waals surface area (Å²) in [5, 5.41) is 5.02. The molecular formula is C60H37N. The fourth-order valence-electron chi connectivity index (χ4n) is 12.3. The van der Waals surface area contributed by atoms with E-state index < -0.39 is 10.8 Å². The first-order valence-corrected chi connectivity index (χ1v) is 21.4. The van der Waals surface area contributed by atoms with Gasteiger partial charge in [-0.05, 0) is 95.9 Å². The van der Waals surface area contributed by atoms with Crippen LogP contribution < -0.4 is 0 Å². The Morgan fingerprint density at radius 3 is 1.34 bits per heavy atom. The van der Waals surface area contributed by atoms with E-state index in [9.17, 15) is 0 Å². The highest BCUT2D eigenvalue weighted by atomic mass is 15.0. The fraction of sp³-hybridized carbons (Fsp3) is 0.0333. The van der Waals surface area contributed by atoms with Crippen molar-refractivity contribution in [2.75, 3.05) is 0 Å². The Hall–Kier alpha value is -7.74. The van der Waals surface area contributed by atoms with Gasteiger partial charge in [0.15, 0.2) is 0 Å². The van der Waals surface area contributed by atoms with Crippen LogP contribution in [-0.2, 0) is 10.8 Å². The van der Waals surface area contributed by atoms with Crippen molar-refractivity contribution in [3.8, 4) is 39.1 Å². The molecule has 1 heteroatoms. The van der Waals surface area contributed by atoms with Crippen LogP contribution in [0, 0.1) is 0 Å². The van der Waals surface area contributed by atoms with Gasteiger partial charge in [0.2, 0.25) is 0 Å². The summed E-state index contributed by atoms with van der Waals surface area (Å²) in [5.74, 6) is 0. The molecule has 1 aromatic heterocycles. The van der Waals surface area contributed by atoms with Crippen LogP contribution >= 0.6 is 0 Å². The van der Waals surface area contributed by atoms with E-state index in [0.29, 0.717) is 0 Å². The molecule has 61 heavy (non-hydrogen) atoms. The number of rotatable bonds is 2. The molecule has 10 aromatic carbocycles. The SMILES string of the molecule is c1ccc(-c2ccccc2-n2c3cc4c(cc3c3ccc5ccccc5c32)-c2ccccc2C42c3ccccc3C3(c4ccccc4-c4ccccc43)c3ccccc32)cc1. The van der Waals surface area contributed by atoms with E-state index in [-0.39, 0.29) is 0 Å². The number of hydrogen-bond acceptors (Lipinski definition) is 0. The Labute approximate surface area is 354 Å². The van der Waals surface area contributed by atoms with Gasteiger partial charge in [-0.25, -0.2) is 0 Å². The maximum atomic E-state index is 2.59. The summed E-state index contributed by atoms with van der Waals surface area (Å²) in [4.78, 5) is 0. The first-order valence-electron chi connectivity index (χ1n) is 21.4. The molecule has 14 rings (SSSR count). The lowest BCUT2D eigenvalue weighted by molar-refractivity contribution is 0.633. The minimum atomic E-state index is -0.576. The van der Waals surface area contributed by atoms with Crippen LogP contribution in [0.5, 0.6) is 0 Å². The Bertz CT molecular complexity index is 3560. The Balaban J connectivity index is 1.17. The van der Waals surface area contributed by atoms with Gasteiger partial charge in [0.1, 0.15) is 0 Å². The molecule has 0 unspecified atom stereocenters. The third-order valence-electron chi connectivity index (χ3n) is 14.5. The van der Waals surface area contributed by atoms with Crippen LogP contribution in [0.25, 0.3) is 71.6 Å². The normalized spacial score (nSPS) is 14.5. The zero-order valence-corrected chi connectivity index (χ0v) is 33.3. The second-order valence-electron chi connectivity index (χ2n) is 17.0. The first kappa shape index (κ1) is 33.1. The van der Waals surface area contributed by atoms with E-state index in [1.54, 1.807) is 0 Å². The summed E-state index contributed by atoms with van der Waals surface area (Å²) in [6.45, 7) is 0. The van der Waals surface area contributed by atoms with Gasteiger partial charge in [0.05, 0.1) is 27.6 Å². The van der Waals surface area contributed by atoms with Crippen LogP contribution in [0.15, 0.2) is 224 Å². The van der Waals surface area contributed by atoms with E-state index in [1.165, 1.54) is 116 Å². The van der Waals surface area contributed by atoms with Crippen molar-refractivity contribution in [2.45, 2.75) is 10.8 Å². The number of hydrogen-bond donors (Lipinski definition) is 0. The Morgan fingerprint density at radius 1 is 0.279 bits per heavy atom. The van der Waals surface area contributed by atoms with Crippen molar-refractivity contribution in [3.63, 3.8) is 0 Å². The molecule has 3 aliphatic carbocycles. The molecule has 0 N–H and O–H groups in total. The lowest BCUT2D eigenvalue weighted by Crippen LogP contribution is -2.43. The second-order valence-corrected chi connectivity index (χ2v) is 17.0. The van der Waals surface area contributed by atoms with Crippen molar-refractivity contribution >= 4 is 32.6 Å². The van der Waals surface area contributed by atoms with Gasteiger partial charge in [-0.2, -0.15) is 0 Å². The van der Waals surface area contributed by atoms with Gasteiger partial charge in [0.25, 0.3) is 0 Å². The highest BCUT2D eigenvalue weighted by Crippen LogP contribution is 2.67. The molecule has 0 radical (unpaired) electrons. The summed E-state index contributed by atoms with van der Waals surface area (Å²) in [5.41, 5.74) is 21.1. The minimum absolute atomic E-state index is 0.476. The molecule has 3 aliphatic rings. The second kappa shape index (κ2) is 11.9. The van der Waals surface area contributed by atoms with Gasteiger partial charge in [-0.1, -0.05) is 206 Å². The quantitative estimate of drug-likeness (QED) is 0.165. The van der Waals surface area contributed by atoms with Gasteiger partial charge >= 0.3 is 0 Å². The van der Waals surface area contributed by atoms with Crippen molar-refractivity contribution < 1.29 is 0 Å². The zero-order valence-electron chi connectivity index (χ0n) is 33.3. The van der Waals surface area contributed by atoms with Gasteiger partial charge < -0.3 is 4.57 Å². The number of nitrogens with zero attached hydrogens (tertiary/aromatic N) is 1. The largest absolute Gasteiger partial charge is 0.308 e. The molecule has 0 saturated carbocycles. The van der Waals surface area contributed by atoms with Crippen LogP contribution in [0.4, 0.5) is 0 Å². The predicted molar refractivity (Wildman–Crippen MR) is 252 cm³/mol. The maximum Gasteiger partial charge on any atom is 0.0720 e. The lowest BCUT2D eigenvalue weighted by Gasteiger charge is -2.48. The van der Waals surface area contributed by atoms with Crippen molar-refractivity contribution in [2.24, 2.45) is 0 Å². The number of fused-ring (bicyclic) bond motifs is 21. The van der Waals surface area contributed by atoms with Gasteiger partial charge in [0, 0.05) is 21.7 Å². The van der Waals surface area contributed by atoms with E-state index in [4.69, 9.17) is 0 Å². The van der Waals surface area contributed by atoms with Crippen LogP contribution in [-0.4, -0.2) is 4.57 Å². The van der Waals surface area contributed by atoms with Gasteiger partial charge in [-0.15, -0.1) is 0 Å². The Morgan fingerprint density at radius 2 is 0.738 bits per heavy atom. The molecule has 1 nitrogen and oxygen atoms in total. The maximum absolute atomic E-state index is 2.59. The molecule has 0 fully saturated rings. The highest BCUT2D eigenvalue weighted by molar-refractivity contribution is 6.20. The van der Waals surface area contributed by atoms with Crippen molar-refractivity contribution in [3.05, 3.63) is 269 Å². The molecular weight excluding hydrogens is 735 g/mol. The lowest BCUT2D eigenvalue weighted by atomic mass is 9.52. The van der Waals surface area contributed by atoms with E-state index in [0.717, 1.165) is 0 Å². The molecule has 11 aromatic rings. The number of benzene rings is 10. The zero-order chi connectivity index (χ0) is 39.9. The molecule has 0 saturated heterocycles. The minimum Gasteiger partial charge on any atom is -0.308 e. The monoisotopic (exact) mass is 771 g/mol. The molecule has 1 heterocycles. The van der Waals surface area contributed by atoms with E-state index >= 15 is 0 Å². The third kappa shape index (κ3) is 3.97. The molecule has 2 spiro atoms. The topological polar surface area (TPSA) is 4.93 Å². The summed E-state index contributed by atoms with van der Waals surface area (Å²) < 4.78 is 2.58. The van der Waals surface area contributed by atoms with Crippen LogP contribution in [0.2, 0.25) is 0 Å². The first-order chi connectivity index (χ1) is 30.3. The summed E-state index contributed by atoms with van der Waals surface area (Å²) in [7, 11) is 0. The average molecular weight is 772 g/mol. The standard InChI is InChI=1S/C60H37N/c1-2-18-38(19-3-1)40-21-9-17-33-56(40)61-57-37-55-46(36-47(57)45-35-34-39-20-4-5-22-41(39)58(45)61)44-25-8-12-28-50(44)60(55)53-31-15-13-29-51(53)59(52-30-14-16-32-54(52)60)48-26-10-6-23-42(48)43-24-7-11-27-49(43)59/h1-37H. The Kier molecular flexibility index (Phi) is 6.48. The molecule has 282 valence electrons. The average Bonchev–Trinajstić information content (AvgIpc) is 3.93. The molecule has 0 bridgehead atoms. The summed E-state index contributed by atoms with van der Waals surface area (Å²) in [6.07, 6.45) is 0. The molecule has 0 amide bonds. The number of para-hydroxylation sites is 1. The molecule has 0 atom stereocenters. The smallest absolute Gasteiger partial charge is 0.0720 e.